The van der Waals surface area contributed by atoms with Gasteiger partial charge in [-0.1, -0.05) is 24.3 Å². The van der Waals surface area contributed by atoms with Crippen molar-refractivity contribution in [3.05, 3.63) is 70.8 Å². The highest BCUT2D eigenvalue weighted by Gasteiger charge is 2.29. The maximum atomic E-state index is 12.5. The molecule has 0 aromatic heterocycles. The molecule has 0 radical (unpaired) electrons. The summed E-state index contributed by atoms with van der Waals surface area (Å²) in [5.74, 6) is -1.26. The second-order valence-corrected chi connectivity index (χ2v) is 5.93. The molecule has 2 aromatic carbocycles. The number of rotatable bonds is 5. The standard InChI is InChI=1S/C20H18F3NO3/c1-13-3-4-14(2)17(11-13)24-18(25)12-27-19(26)10-7-15-5-8-16(9-6-15)20(21,22)23/h3-11H,12H2,1-2H3,(H,24,25)/b10-7+. The van der Waals surface area contributed by atoms with Crippen molar-refractivity contribution in [2.45, 2.75) is 20.0 Å². The van der Waals surface area contributed by atoms with Gasteiger partial charge in [-0.25, -0.2) is 4.79 Å². The number of carbonyl (C=O) groups excluding carboxylic acids is 2. The van der Waals surface area contributed by atoms with Crippen molar-refractivity contribution in [3.8, 4) is 0 Å². The zero-order chi connectivity index (χ0) is 20.0. The van der Waals surface area contributed by atoms with Crippen molar-refractivity contribution in [2.24, 2.45) is 0 Å². The number of hydrogen-bond donors (Lipinski definition) is 1. The average molecular weight is 377 g/mol. The Bertz CT molecular complexity index is 856. The molecule has 0 aliphatic heterocycles. The number of aryl methyl sites for hydroxylation is 2. The summed E-state index contributed by atoms with van der Waals surface area (Å²) in [5, 5.41) is 2.65. The van der Waals surface area contributed by atoms with Gasteiger partial charge >= 0.3 is 12.1 Å². The van der Waals surface area contributed by atoms with Crippen LogP contribution >= 0.6 is 0 Å². The maximum Gasteiger partial charge on any atom is 0.416 e. The van der Waals surface area contributed by atoms with Gasteiger partial charge in [0.15, 0.2) is 6.61 Å². The summed E-state index contributed by atoms with van der Waals surface area (Å²) in [7, 11) is 0. The number of halogens is 3. The number of carbonyl (C=O) groups is 2. The number of hydrogen-bond acceptors (Lipinski definition) is 3. The fraction of sp³-hybridized carbons (Fsp3) is 0.200. The van der Waals surface area contributed by atoms with E-state index in [2.05, 4.69) is 5.32 Å². The van der Waals surface area contributed by atoms with E-state index in [9.17, 15) is 22.8 Å². The van der Waals surface area contributed by atoms with Crippen LogP contribution in [0.3, 0.4) is 0 Å². The molecule has 4 nitrogen and oxygen atoms in total. The molecule has 1 amide bonds. The number of benzene rings is 2. The van der Waals surface area contributed by atoms with E-state index < -0.39 is 30.2 Å². The van der Waals surface area contributed by atoms with Crippen LogP contribution in [0.15, 0.2) is 48.5 Å². The van der Waals surface area contributed by atoms with Crippen LogP contribution in [-0.2, 0) is 20.5 Å². The Balaban J connectivity index is 1.85. The molecule has 0 aliphatic carbocycles. The Morgan fingerprint density at radius 2 is 1.74 bits per heavy atom. The fourth-order valence-corrected chi connectivity index (χ4v) is 2.19. The molecule has 0 atom stereocenters. The Morgan fingerprint density at radius 1 is 1.07 bits per heavy atom. The third-order valence-electron chi connectivity index (χ3n) is 3.66. The van der Waals surface area contributed by atoms with Gasteiger partial charge in [0.1, 0.15) is 0 Å². The average Bonchev–Trinajstić information content (AvgIpc) is 2.61. The van der Waals surface area contributed by atoms with E-state index in [1.807, 2.05) is 26.0 Å². The van der Waals surface area contributed by atoms with Crippen molar-refractivity contribution >= 4 is 23.6 Å². The second-order valence-electron chi connectivity index (χ2n) is 5.93. The van der Waals surface area contributed by atoms with E-state index in [0.29, 0.717) is 11.3 Å². The first-order chi connectivity index (χ1) is 12.6. The van der Waals surface area contributed by atoms with Crippen LogP contribution in [0.5, 0.6) is 0 Å². The van der Waals surface area contributed by atoms with Crippen LogP contribution in [0.4, 0.5) is 18.9 Å². The minimum Gasteiger partial charge on any atom is -0.452 e. The van der Waals surface area contributed by atoms with Crippen molar-refractivity contribution in [1.82, 2.24) is 0 Å². The number of ether oxygens (including phenoxy) is 1. The maximum absolute atomic E-state index is 12.5. The van der Waals surface area contributed by atoms with Gasteiger partial charge in [-0.05, 0) is 54.8 Å². The van der Waals surface area contributed by atoms with Gasteiger partial charge in [0.25, 0.3) is 5.91 Å². The summed E-state index contributed by atoms with van der Waals surface area (Å²) in [5.41, 5.74) is 2.12. The molecular formula is C20H18F3NO3. The number of esters is 1. The molecule has 2 rings (SSSR count). The van der Waals surface area contributed by atoms with E-state index in [4.69, 9.17) is 4.74 Å². The topological polar surface area (TPSA) is 55.4 Å². The molecule has 0 fully saturated rings. The van der Waals surface area contributed by atoms with Gasteiger partial charge in [-0.2, -0.15) is 13.2 Å². The second kappa shape index (κ2) is 8.53. The van der Waals surface area contributed by atoms with Crippen LogP contribution in [0.25, 0.3) is 6.08 Å². The highest BCUT2D eigenvalue weighted by Crippen LogP contribution is 2.29. The minimum absolute atomic E-state index is 0.403. The zero-order valence-electron chi connectivity index (χ0n) is 14.8. The summed E-state index contributed by atoms with van der Waals surface area (Å²) in [6.45, 7) is 3.26. The molecule has 0 heterocycles. The van der Waals surface area contributed by atoms with Crippen LogP contribution in [-0.4, -0.2) is 18.5 Å². The predicted octanol–water partition coefficient (Wildman–Crippen LogP) is 4.52. The number of anilines is 1. The molecule has 27 heavy (non-hydrogen) atoms. The van der Waals surface area contributed by atoms with Gasteiger partial charge in [0.2, 0.25) is 0 Å². The van der Waals surface area contributed by atoms with E-state index in [-0.39, 0.29) is 0 Å². The summed E-state index contributed by atoms with van der Waals surface area (Å²) in [6.07, 6.45) is -2.05. The molecule has 0 aliphatic rings. The van der Waals surface area contributed by atoms with Crippen LogP contribution in [0.2, 0.25) is 0 Å². The first-order valence-electron chi connectivity index (χ1n) is 8.04. The predicted molar refractivity (Wildman–Crippen MR) is 96.0 cm³/mol. The summed E-state index contributed by atoms with van der Waals surface area (Å²) in [6, 6.07) is 9.89. The quantitative estimate of drug-likeness (QED) is 0.616. The first-order valence-corrected chi connectivity index (χ1v) is 8.04. The molecule has 0 saturated carbocycles. The Labute approximate surface area is 154 Å². The Morgan fingerprint density at radius 3 is 2.37 bits per heavy atom. The molecule has 0 spiro atoms. The summed E-state index contributed by atoms with van der Waals surface area (Å²) in [4.78, 5) is 23.5. The zero-order valence-corrected chi connectivity index (χ0v) is 14.8. The lowest BCUT2D eigenvalue weighted by atomic mass is 10.1. The molecule has 142 valence electrons. The van der Waals surface area contributed by atoms with Crippen molar-refractivity contribution in [3.63, 3.8) is 0 Å². The van der Waals surface area contributed by atoms with Gasteiger partial charge in [-0.15, -0.1) is 0 Å². The van der Waals surface area contributed by atoms with Gasteiger partial charge in [0.05, 0.1) is 5.56 Å². The molecule has 7 heteroatoms. The molecule has 0 saturated heterocycles. The normalized spacial score (nSPS) is 11.4. The van der Waals surface area contributed by atoms with Crippen molar-refractivity contribution < 1.29 is 27.5 Å². The van der Waals surface area contributed by atoms with Crippen LogP contribution < -0.4 is 5.32 Å². The highest BCUT2D eigenvalue weighted by atomic mass is 19.4. The lowest BCUT2D eigenvalue weighted by molar-refractivity contribution is -0.142. The molecule has 0 unspecified atom stereocenters. The third-order valence-corrected chi connectivity index (χ3v) is 3.66. The Kier molecular flexibility index (Phi) is 6.39. The molecule has 2 aromatic rings. The number of amides is 1. The first kappa shape index (κ1) is 20.2. The van der Waals surface area contributed by atoms with Crippen LogP contribution in [0, 0.1) is 13.8 Å². The van der Waals surface area contributed by atoms with E-state index >= 15 is 0 Å². The lowest BCUT2D eigenvalue weighted by Crippen LogP contribution is -2.20. The SMILES string of the molecule is Cc1ccc(C)c(NC(=O)COC(=O)/C=C/c2ccc(C(F)(F)F)cc2)c1. The summed E-state index contributed by atoms with van der Waals surface area (Å²) < 4.78 is 42.3. The smallest absolute Gasteiger partial charge is 0.416 e. The van der Waals surface area contributed by atoms with Crippen molar-refractivity contribution in [1.29, 1.82) is 0 Å². The highest BCUT2D eigenvalue weighted by molar-refractivity contribution is 5.95. The molecule has 1 N–H and O–H groups in total. The third kappa shape index (κ3) is 6.29. The monoisotopic (exact) mass is 377 g/mol. The van der Waals surface area contributed by atoms with E-state index in [1.165, 1.54) is 18.2 Å². The molecule has 0 bridgehead atoms. The number of alkyl halides is 3. The Hall–Kier alpha value is -3.09. The van der Waals surface area contributed by atoms with Crippen LogP contribution in [0.1, 0.15) is 22.3 Å². The number of nitrogens with one attached hydrogen (secondary N) is 1. The molecular weight excluding hydrogens is 359 g/mol. The van der Waals surface area contributed by atoms with E-state index in [0.717, 1.165) is 29.3 Å². The fourth-order valence-electron chi connectivity index (χ4n) is 2.19. The largest absolute Gasteiger partial charge is 0.452 e. The lowest BCUT2D eigenvalue weighted by Gasteiger charge is -2.09. The van der Waals surface area contributed by atoms with Gasteiger partial charge in [0, 0.05) is 11.8 Å². The minimum atomic E-state index is -4.41. The van der Waals surface area contributed by atoms with Gasteiger partial charge < -0.3 is 10.1 Å². The van der Waals surface area contributed by atoms with E-state index in [1.54, 1.807) is 6.07 Å². The van der Waals surface area contributed by atoms with Gasteiger partial charge in [-0.3, -0.25) is 4.79 Å². The summed E-state index contributed by atoms with van der Waals surface area (Å²) >= 11 is 0. The van der Waals surface area contributed by atoms with Crippen molar-refractivity contribution in [2.75, 3.05) is 11.9 Å².